The third kappa shape index (κ3) is 4.35. The molecule has 3 saturated carbocycles. The van der Waals surface area contributed by atoms with E-state index in [4.69, 9.17) is 0 Å². The highest BCUT2D eigenvalue weighted by atomic mass is 14.5. The molecular weight excluding hydrogens is 276 g/mol. The van der Waals surface area contributed by atoms with Gasteiger partial charge in [0.15, 0.2) is 0 Å². The monoisotopic (exact) mass is 318 g/mol. The molecule has 3 aliphatic rings. The van der Waals surface area contributed by atoms with Crippen LogP contribution in [-0.2, 0) is 0 Å². The number of rotatable bonds is 6. The number of hydrogen-bond acceptors (Lipinski definition) is 0. The molecule has 0 unspecified atom stereocenters. The minimum absolute atomic E-state index is 0.799. The van der Waals surface area contributed by atoms with Gasteiger partial charge in [-0.1, -0.05) is 84.0 Å². The Morgan fingerprint density at radius 1 is 0.652 bits per heavy atom. The average molecular weight is 319 g/mol. The molecule has 0 aromatic rings. The van der Waals surface area contributed by atoms with Crippen molar-refractivity contribution >= 4 is 0 Å². The van der Waals surface area contributed by atoms with E-state index in [-0.39, 0.29) is 0 Å². The molecule has 0 aliphatic heterocycles. The maximum absolute atomic E-state index is 2.34. The van der Waals surface area contributed by atoms with Crippen LogP contribution in [0.3, 0.4) is 0 Å². The molecule has 0 aromatic carbocycles. The highest BCUT2D eigenvalue weighted by molar-refractivity contribution is 4.96. The lowest BCUT2D eigenvalue weighted by Crippen LogP contribution is -2.42. The summed E-state index contributed by atoms with van der Waals surface area (Å²) in [7, 11) is 0. The molecule has 0 heteroatoms. The first-order chi connectivity index (χ1) is 11.3. The van der Waals surface area contributed by atoms with Crippen LogP contribution in [-0.4, -0.2) is 0 Å². The number of unbranched alkanes of at least 4 members (excludes halogenated alkanes) is 2. The van der Waals surface area contributed by atoms with E-state index in [1.54, 1.807) is 77.0 Å². The second kappa shape index (κ2) is 8.91. The van der Waals surface area contributed by atoms with Crippen LogP contribution in [0.1, 0.15) is 122 Å². The molecule has 23 heavy (non-hydrogen) atoms. The molecule has 0 heterocycles. The predicted octanol–water partition coefficient (Wildman–Crippen LogP) is 7.90. The van der Waals surface area contributed by atoms with Gasteiger partial charge in [0.1, 0.15) is 0 Å². The lowest BCUT2D eigenvalue weighted by molar-refractivity contribution is -0.0195. The molecule has 0 spiro atoms. The van der Waals surface area contributed by atoms with E-state index in [1.807, 2.05) is 0 Å². The van der Waals surface area contributed by atoms with Gasteiger partial charge in [0.25, 0.3) is 0 Å². The Kier molecular flexibility index (Phi) is 6.90. The molecule has 0 amide bonds. The summed E-state index contributed by atoms with van der Waals surface area (Å²) in [5, 5.41) is 0. The average Bonchev–Trinajstić information content (AvgIpc) is 2.64. The van der Waals surface area contributed by atoms with Gasteiger partial charge in [-0.15, -0.1) is 0 Å². The van der Waals surface area contributed by atoms with E-state index in [9.17, 15) is 0 Å². The zero-order chi connectivity index (χ0) is 16.0. The zero-order valence-corrected chi connectivity index (χ0v) is 16.0. The van der Waals surface area contributed by atoms with Crippen molar-refractivity contribution in [3.63, 3.8) is 0 Å². The second-order valence-corrected chi connectivity index (χ2v) is 9.34. The van der Waals surface area contributed by atoms with Gasteiger partial charge in [-0.25, -0.2) is 0 Å². The first-order valence-corrected chi connectivity index (χ1v) is 11.3. The Hall–Kier alpha value is 0. The third-order valence-electron chi connectivity index (χ3n) is 8.08. The number of hydrogen-bond donors (Lipinski definition) is 0. The molecule has 0 radical (unpaired) electrons. The van der Waals surface area contributed by atoms with Gasteiger partial charge in [0, 0.05) is 0 Å². The van der Waals surface area contributed by atoms with Crippen LogP contribution in [0.25, 0.3) is 0 Å². The van der Waals surface area contributed by atoms with Gasteiger partial charge >= 0.3 is 0 Å². The SMILES string of the molecule is CCCCCC1CCC(C2(C3CCCCC3)CCCCC2)CC1. The minimum Gasteiger partial charge on any atom is -0.0654 e. The van der Waals surface area contributed by atoms with Gasteiger partial charge in [-0.3, -0.25) is 0 Å². The van der Waals surface area contributed by atoms with Crippen LogP contribution in [0.4, 0.5) is 0 Å². The largest absolute Gasteiger partial charge is 0.0654 e. The lowest BCUT2D eigenvalue weighted by atomic mass is 9.53. The van der Waals surface area contributed by atoms with E-state index < -0.39 is 0 Å². The van der Waals surface area contributed by atoms with E-state index in [2.05, 4.69) is 6.92 Å². The highest BCUT2D eigenvalue weighted by Gasteiger charge is 2.46. The van der Waals surface area contributed by atoms with Crippen molar-refractivity contribution in [1.29, 1.82) is 0 Å². The summed E-state index contributed by atoms with van der Waals surface area (Å²) < 4.78 is 0. The van der Waals surface area contributed by atoms with E-state index in [0.29, 0.717) is 0 Å². The first-order valence-electron chi connectivity index (χ1n) is 11.3. The molecule has 3 rings (SSSR count). The van der Waals surface area contributed by atoms with Crippen LogP contribution >= 0.6 is 0 Å². The molecular formula is C23H42. The maximum Gasteiger partial charge on any atom is -0.0241 e. The molecule has 134 valence electrons. The van der Waals surface area contributed by atoms with Gasteiger partial charge in [-0.05, 0) is 61.7 Å². The van der Waals surface area contributed by atoms with Gasteiger partial charge in [0.2, 0.25) is 0 Å². The molecule has 0 N–H and O–H groups in total. The third-order valence-corrected chi connectivity index (χ3v) is 8.08. The molecule has 0 aromatic heterocycles. The summed E-state index contributed by atoms with van der Waals surface area (Å²) in [6, 6.07) is 0. The van der Waals surface area contributed by atoms with Crippen molar-refractivity contribution in [2.24, 2.45) is 23.2 Å². The van der Waals surface area contributed by atoms with Crippen LogP contribution < -0.4 is 0 Å². The van der Waals surface area contributed by atoms with Crippen LogP contribution in [0.2, 0.25) is 0 Å². The fourth-order valence-electron chi connectivity index (χ4n) is 6.75. The lowest BCUT2D eigenvalue weighted by Gasteiger charge is -2.52. The van der Waals surface area contributed by atoms with Crippen molar-refractivity contribution in [2.45, 2.75) is 122 Å². The molecule has 3 aliphatic carbocycles. The Balaban J connectivity index is 1.58. The fourth-order valence-corrected chi connectivity index (χ4v) is 6.75. The normalized spacial score (nSPS) is 32.7. The summed E-state index contributed by atoms with van der Waals surface area (Å²) in [6.07, 6.45) is 27.8. The summed E-state index contributed by atoms with van der Waals surface area (Å²) >= 11 is 0. The summed E-state index contributed by atoms with van der Waals surface area (Å²) in [5.74, 6) is 3.30. The highest BCUT2D eigenvalue weighted by Crippen LogP contribution is 2.57. The van der Waals surface area contributed by atoms with Crippen LogP contribution in [0.5, 0.6) is 0 Å². The fraction of sp³-hybridized carbons (Fsp3) is 1.00. The van der Waals surface area contributed by atoms with Gasteiger partial charge in [-0.2, -0.15) is 0 Å². The Labute approximate surface area is 146 Å². The van der Waals surface area contributed by atoms with Crippen molar-refractivity contribution < 1.29 is 0 Å². The first kappa shape index (κ1) is 17.8. The zero-order valence-electron chi connectivity index (χ0n) is 16.0. The standard InChI is InChI=1S/C23H42/c1-2-3-6-11-20-14-16-22(17-15-20)23(18-9-5-10-19-23)21-12-7-4-8-13-21/h20-22H,2-19H2,1H3. The summed E-state index contributed by atoms with van der Waals surface area (Å²) in [6.45, 7) is 2.34. The maximum atomic E-state index is 2.34. The summed E-state index contributed by atoms with van der Waals surface area (Å²) in [5.41, 5.74) is 0.799. The Morgan fingerprint density at radius 2 is 1.26 bits per heavy atom. The van der Waals surface area contributed by atoms with Crippen molar-refractivity contribution in [3.8, 4) is 0 Å². The van der Waals surface area contributed by atoms with Crippen molar-refractivity contribution in [2.75, 3.05) is 0 Å². The quantitative estimate of drug-likeness (QED) is 0.436. The van der Waals surface area contributed by atoms with Crippen LogP contribution in [0.15, 0.2) is 0 Å². The molecule has 0 bridgehead atoms. The Bertz CT molecular complexity index is 311. The van der Waals surface area contributed by atoms with Crippen LogP contribution in [0, 0.1) is 23.2 Å². The molecule has 3 fully saturated rings. The molecule has 0 atom stereocenters. The van der Waals surface area contributed by atoms with Crippen molar-refractivity contribution in [3.05, 3.63) is 0 Å². The van der Waals surface area contributed by atoms with E-state index >= 15 is 0 Å². The second-order valence-electron chi connectivity index (χ2n) is 9.34. The summed E-state index contributed by atoms with van der Waals surface area (Å²) in [4.78, 5) is 0. The molecule has 0 saturated heterocycles. The predicted molar refractivity (Wildman–Crippen MR) is 102 cm³/mol. The van der Waals surface area contributed by atoms with Gasteiger partial charge < -0.3 is 0 Å². The van der Waals surface area contributed by atoms with Crippen molar-refractivity contribution in [1.82, 2.24) is 0 Å². The Morgan fingerprint density at radius 3 is 1.91 bits per heavy atom. The smallest absolute Gasteiger partial charge is 0.0241 e. The molecule has 0 nitrogen and oxygen atoms in total. The van der Waals surface area contributed by atoms with E-state index in [1.165, 1.54) is 38.5 Å². The minimum atomic E-state index is 0.799. The van der Waals surface area contributed by atoms with Gasteiger partial charge in [0.05, 0.1) is 0 Å². The van der Waals surface area contributed by atoms with E-state index in [0.717, 1.165) is 23.2 Å². The topological polar surface area (TPSA) is 0 Å².